The minimum absolute atomic E-state index is 0.417. The molecule has 1 heterocycles. The molecular formula is C14H28N4O. The lowest BCUT2D eigenvalue weighted by atomic mass is 10.00. The van der Waals surface area contributed by atoms with E-state index in [9.17, 15) is 0 Å². The van der Waals surface area contributed by atoms with Crippen molar-refractivity contribution in [1.29, 1.82) is 0 Å². The lowest BCUT2D eigenvalue weighted by Gasteiger charge is -2.20. The molecular weight excluding hydrogens is 240 g/mol. The Hall–Kier alpha value is -0.940. The van der Waals surface area contributed by atoms with Gasteiger partial charge in [-0.25, -0.2) is 9.67 Å². The molecule has 0 spiro atoms. The number of likely N-dealkylation sites (N-methyl/N-ethyl adjacent to an activating group) is 1. The quantitative estimate of drug-likeness (QED) is 0.741. The molecule has 0 amide bonds. The maximum absolute atomic E-state index is 5.20. The predicted octanol–water partition coefficient (Wildman–Crippen LogP) is 1.74. The first-order valence-corrected chi connectivity index (χ1v) is 7.09. The van der Waals surface area contributed by atoms with Gasteiger partial charge < -0.3 is 10.1 Å². The first kappa shape index (κ1) is 16.1. The van der Waals surface area contributed by atoms with Crippen LogP contribution in [0.4, 0.5) is 0 Å². The molecule has 110 valence electrons. The maximum atomic E-state index is 5.20. The third-order valence-electron chi connectivity index (χ3n) is 3.21. The zero-order valence-electron chi connectivity index (χ0n) is 12.9. The zero-order chi connectivity index (χ0) is 14.3. The molecule has 1 N–H and O–H groups in total. The number of methoxy groups -OCH3 is 1. The predicted molar refractivity (Wildman–Crippen MR) is 77.1 cm³/mol. The standard InChI is InChI=1S/C14H28N4O/c1-11(2)8-18-14(16-10-17-18)7-13(15-4)6-12(3)9-19-5/h10-13,15H,6-9H2,1-5H3. The highest BCUT2D eigenvalue weighted by Crippen LogP contribution is 2.11. The van der Waals surface area contributed by atoms with Gasteiger partial charge >= 0.3 is 0 Å². The number of nitrogens with zero attached hydrogens (tertiary/aromatic N) is 3. The van der Waals surface area contributed by atoms with E-state index in [1.165, 1.54) is 0 Å². The largest absolute Gasteiger partial charge is 0.384 e. The van der Waals surface area contributed by atoms with Gasteiger partial charge in [-0.15, -0.1) is 0 Å². The molecule has 2 atom stereocenters. The SMILES string of the molecule is CNC(Cc1ncnn1CC(C)C)CC(C)COC. The van der Waals surface area contributed by atoms with Crippen molar-refractivity contribution in [3.05, 3.63) is 12.2 Å². The second kappa shape index (κ2) is 8.27. The van der Waals surface area contributed by atoms with Crippen molar-refractivity contribution in [2.24, 2.45) is 11.8 Å². The lowest BCUT2D eigenvalue weighted by Crippen LogP contribution is -2.32. The molecule has 5 nitrogen and oxygen atoms in total. The fraction of sp³-hybridized carbons (Fsp3) is 0.857. The van der Waals surface area contributed by atoms with E-state index in [1.807, 2.05) is 11.7 Å². The summed E-state index contributed by atoms with van der Waals surface area (Å²) in [6, 6.07) is 0.417. The van der Waals surface area contributed by atoms with Crippen LogP contribution in [0.2, 0.25) is 0 Å². The second-order valence-electron chi connectivity index (χ2n) is 5.74. The van der Waals surface area contributed by atoms with Gasteiger partial charge in [-0.05, 0) is 25.3 Å². The van der Waals surface area contributed by atoms with Crippen molar-refractivity contribution in [2.45, 2.75) is 46.2 Å². The number of rotatable bonds is 9. The molecule has 2 unspecified atom stereocenters. The average Bonchev–Trinajstić information content (AvgIpc) is 2.75. The van der Waals surface area contributed by atoms with Crippen LogP contribution in [0, 0.1) is 11.8 Å². The zero-order valence-corrected chi connectivity index (χ0v) is 12.9. The van der Waals surface area contributed by atoms with Gasteiger partial charge in [0.2, 0.25) is 0 Å². The fourth-order valence-corrected chi connectivity index (χ4v) is 2.31. The average molecular weight is 268 g/mol. The van der Waals surface area contributed by atoms with Crippen molar-refractivity contribution < 1.29 is 4.74 Å². The molecule has 0 aliphatic rings. The van der Waals surface area contributed by atoms with Crippen LogP contribution in [0.1, 0.15) is 33.0 Å². The van der Waals surface area contributed by atoms with E-state index in [1.54, 1.807) is 13.4 Å². The Labute approximate surface area is 116 Å². The molecule has 0 saturated heterocycles. The smallest absolute Gasteiger partial charge is 0.138 e. The first-order chi connectivity index (χ1) is 9.06. The summed E-state index contributed by atoms with van der Waals surface area (Å²) in [6.07, 6.45) is 3.65. The highest BCUT2D eigenvalue weighted by atomic mass is 16.5. The van der Waals surface area contributed by atoms with Gasteiger partial charge in [-0.2, -0.15) is 5.10 Å². The van der Waals surface area contributed by atoms with Gasteiger partial charge in [-0.1, -0.05) is 20.8 Å². The topological polar surface area (TPSA) is 52.0 Å². The molecule has 0 radical (unpaired) electrons. The van der Waals surface area contributed by atoms with Crippen LogP contribution in [0.15, 0.2) is 6.33 Å². The summed E-state index contributed by atoms with van der Waals surface area (Å²) in [7, 11) is 3.76. The van der Waals surface area contributed by atoms with Gasteiger partial charge in [0.05, 0.1) is 0 Å². The van der Waals surface area contributed by atoms with E-state index in [2.05, 4.69) is 36.2 Å². The first-order valence-electron chi connectivity index (χ1n) is 7.09. The number of hydrogen-bond acceptors (Lipinski definition) is 4. The summed E-state index contributed by atoms with van der Waals surface area (Å²) in [6.45, 7) is 8.34. The van der Waals surface area contributed by atoms with E-state index >= 15 is 0 Å². The van der Waals surface area contributed by atoms with Gasteiger partial charge in [0.1, 0.15) is 12.2 Å². The van der Waals surface area contributed by atoms with Crippen LogP contribution >= 0.6 is 0 Å². The van der Waals surface area contributed by atoms with Crippen molar-refractivity contribution in [2.75, 3.05) is 20.8 Å². The number of aromatic nitrogens is 3. The molecule has 5 heteroatoms. The molecule has 19 heavy (non-hydrogen) atoms. The summed E-state index contributed by atoms with van der Waals surface area (Å²) in [5, 5.41) is 7.69. The minimum atomic E-state index is 0.417. The Morgan fingerprint density at radius 1 is 1.37 bits per heavy atom. The van der Waals surface area contributed by atoms with Crippen molar-refractivity contribution in [3.63, 3.8) is 0 Å². The Balaban J connectivity index is 2.57. The molecule has 1 aromatic heterocycles. The Morgan fingerprint density at radius 3 is 2.68 bits per heavy atom. The van der Waals surface area contributed by atoms with E-state index in [0.29, 0.717) is 17.9 Å². The summed E-state index contributed by atoms with van der Waals surface area (Å²) in [5.74, 6) is 2.20. The highest BCUT2D eigenvalue weighted by molar-refractivity contribution is 4.90. The number of nitrogens with one attached hydrogen (secondary N) is 1. The van der Waals surface area contributed by atoms with E-state index in [0.717, 1.165) is 31.8 Å². The number of ether oxygens (including phenoxy) is 1. The Kier molecular flexibility index (Phi) is 7.02. The Morgan fingerprint density at radius 2 is 2.11 bits per heavy atom. The molecule has 0 saturated carbocycles. The molecule has 0 bridgehead atoms. The van der Waals surface area contributed by atoms with Crippen molar-refractivity contribution in [1.82, 2.24) is 20.1 Å². The minimum Gasteiger partial charge on any atom is -0.384 e. The molecule has 0 aliphatic carbocycles. The second-order valence-corrected chi connectivity index (χ2v) is 5.74. The van der Waals surface area contributed by atoms with Gasteiger partial charge in [0, 0.05) is 32.7 Å². The van der Waals surface area contributed by atoms with Crippen LogP contribution in [0.5, 0.6) is 0 Å². The van der Waals surface area contributed by atoms with Crippen molar-refractivity contribution in [3.8, 4) is 0 Å². The third kappa shape index (κ3) is 5.70. The number of hydrogen-bond donors (Lipinski definition) is 1. The van der Waals surface area contributed by atoms with E-state index in [-0.39, 0.29) is 0 Å². The summed E-state index contributed by atoms with van der Waals surface area (Å²) in [5.41, 5.74) is 0. The lowest BCUT2D eigenvalue weighted by molar-refractivity contribution is 0.149. The fourth-order valence-electron chi connectivity index (χ4n) is 2.31. The highest BCUT2D eigenvalue weighted by Gasteiger charge is 2.16. The van der Waals surface area contributed by atoms with Gasteiger partial charge in [-0.3, -0.25) is 0 Å². The normalized spacial score (nSPS) is 14.8. The van der Waals surface area contributed by atoms with E-state index in [4.69, 9.17) is 4.74 Å². The summed E-state index contributed by atoms with van der Waals surface area (Å²) >= 11 is 0. The molecule has 1 aromatic rings. The van der Waals surface area contributed by atoms with Gasteiger partial charge in [0.15, 0.2) is 0 Å². The molecule has 0 aliphatic heterocycles. The van der Waals surface area contributed by atoms with Crippen LogP contribution in [0.25, 0.3) is 0 Å². The third-order valence-corrected chi connectivity index (χ3v) is 3.21. The van der Waals surface area contributed by atoms with Crippen LogP contribution < -0.4 is 5.32 Å². The van der Waals surface area contributed by atoms with Crippen LogP contribution in [-0.2, 0) is 17.7 Å². The molecule has 0 fully saturated rings. The summed E-state index contributed by atoms with van der Waals surface area (Å²) in [4.78, 5) is 4.39. The Bertz CT molecular complexity index is 351. The van der Waals surface area contributed by atoms with Crippen molar-refractivity contribution >= 4 is 0 Å². The summed E-state index contributed by atoms with van der Waals surface area (Å²) < 4.78 is 7.22. The molecule has 1 rings (SSSR count). The van der Waals surface area contributed by atoms with Crippen LogP contribution in [0.3, 0.4) is 0 Å². The monoisotopic (exact) mass is 268 g/mol. The molecule has 0 aromatic carbocycles. The van der Waals surface area contributed by atoms with E-state index < -0.39 is 0 Å². The van der Waals surface area contributed by atoms with Crippen LogP contribution in [-0.4, -0.2) is 41.6 Å². The van der Waals surface area contributed by atoms with Gasteiger partial charge in [0.25, 0.3) is 0 Å². The maximum Gasteiger partial charge on any atom is 0.138 e.